The number of hydrogen-bond acceptors (Lipinski definition) is 7. The summed E-state index contributed by atoms with van der Waals surface area (Å²) in [5, 5.41) is -0.0959. The van der Waals surface area contributed by atoms with E-state index in [4.69, 9.17) is 29.9 Å². The van der Waals surface area contributed by atoms with E-state index >= 15 is 0 Å². The lowest BCUT2D eigenvalue weighted by molar-refractivity contribution is -0.0301. The van der Waals surface area contributed by atoms with Crippen molar-refractivity contribution in [2.75, 3.05) is 6.61 Å². The van der Waals surface area contributed by atoms with Gasteiger partial charge in [-0.1, -0.05) is 23.2 Å². The van der Waals surface area contributed by atoms with Crippen molar-refractivity contribution in [3.63, 3.8) is 0 Å². The minimum absolute atomic E-state index is 0.0346. The van der Waals surface area contributed by atoms with Crippen LogP contribution >= 0.6 is 19.8 Å². The van der Waals surface area contributed by atoms with Gasteiger partial charge >= 0.3 is 13.9 Å². The van der Waals surface area contributed by atoms with E-state index < -0.39 is 25.6 Å². The molecule has 29 heavy (non-hydrogen) atoms. The summed E-state index contributed by atoms with van der Waals surface area (Å²) < 4.78 is 23.8. The largest absolute Gasteiger partial charge is 0.619 e. The molecule has 1 aromatic carbocycles. The first-order valence-electron chi connectivity index (χ1n) is 9.11. The highest BCUT2D eigenvalue weighted by Crippen LogP contribution is 2.62. The van der Waals surface area contributed by atoms with Crippen LogP contribution < -0.4 is 15.8 Å². The predicted octanol–water partition coefficient (Wildman–Crippen LogP) is 2.78. The highest BCUT2D eigenvalue weighted by molar-refractivity contribution is 7.55. The second-order valence-electron chi connectivity index (χ2n) is 7.13. The molecule has 0 bridgehead atoms. The Labute approximate surface area is 171 Å². The Bertz CT molecular complexity index is 1060. The first-order valence-corrected chi connectivity index (χ1v) is 11.0. The smallest absolute Gasteiger partial charge is 0.352 e. The van der Waals surface area contributed by atoms with E-state index in [1.165, 1.54) is 10.8 Å². The number of aromatic nitrogens is 2. The van der Waals surface area contributed by atoms with E-state index in [0.29, 0.717) is 18.6 Å². The van der Waals surface area contributed by atoms with Gasteiger partial charge < -0.3 is 4.74 Å². The summed E-state index contributed by atoms with van der Waals surface area (Å²) in [5.41, 5.74) is 1.61. The van der Waals surface area contributed by atoms with Crippen molar-refractivity contribution in [1.29, 1.82) is 0 Å². The number of rotatable bonds is 4. The fraction of sp³-hybridized carbons (Fsp3) is 0.444. The van der Waals surface area contributed by atoms with Crippen molar-refractivity contribution < 1.29 is 23.2 Å². The quantitative estimate of drug-likeness (QED) is 0.699. The Kier molecular flexibility index (Phi) is 5.54. The van der Waals surface area contributed by atoms with Crippen molar-refractivity contribution in [3.05, 3.63) is 60.9 Å². The molecule has 1 fully saturated rings. The molecule has 11 heteroatoms. The average molecular weight is 444 g/mol. The molecule has 3 heterocycles. The number of aromatic amines is 1. The van der Waals surface area contributed by atoms with Gasteiger partial charge in [0.15, 0.2) is 5.75 Å². The average Bonchev–Trinajstić information content (AvgIpc) is 3.13. The summed E-state index contributed by atoms with van der Waals surface area (Å²) >= 11 is 5.80. The summed E-state index contributed by atoms with van der Waals surface area (Å²) in [7, 11) is -3.52. The zero-order valence-corrected chi connectivity index (χ0v) is 17.5. The third-order valence-corrected chi connectivity index (χ3v) is 6.44. The summed E-state index contributed by atoms with van der Waals surface area (Å²) in [5.74, 6) is 0.581. The van der Waals surface area contributed by atoms with E-state index in [9.17, 15) is 14.5 Å². The molecule has 2 aromatic rings. The molecule has 3 atom stereocenters. The molecule has 3 unspecified atom stereocenters. The van der Waals surface area contributed by atoms with Crippen LogP contribution in [0.2, 0.25) is 5.02 Å². The van der Waals surface area contributed by atoms with Gasteiger partial charge in [0.05, 0.1) is 6.10 Å². The van der Waals surface area contributed by atoms with E-state index in [1.807, 2.05) is 26.0 Å². The second-order valence-corrected chi connectivity index (χ2v) is 9.18. The van der Waals surface area contributed by atoms with Crippen LogP contribution in [-0.2, 0) is 20.4 Å². The van der Waals surface area contributed by atoms with Gasteiger partial charge in [-0.2, -0.15) is 4.89 Å². The maximum atomic E-state index is 12.0. The Morgan fingerprint density at radius 3 is 2.93 bits per heavy atom. The molecule has 156 valence electrons. The summed E-state index contributed by atoms with van der Waals surface area (Å²) in [4.78, 5) is 36.2. The molecule has 0 radical (unpaired) electrons. The first kappa shape index (κ1) is 20.5. The zero-order valence-electron chi connectivity index (χ0n) is 15.9. The third-order valence-electron chi connectivity index (χ3n) is 4.83. The number of ether oxygens (including phenoxy) is 1. The number of nitrogens with one attached hydrogen (secondary N) is 1. The molecular formula is C18H21ClN2O7P+. The molecule has 1 aromatic heterocycles. The van der Waals surface area contributed by atoms with E-state index in [0.717, 1.165) is 16.7 Å². The van der Waals surface area contributed by atoms with E-state index in [1.54, 1.807) is 0 Å². The standard InChI is InChI=1S/C18H20ClN2O7P/c1-10-5-11(2)16-12(6-10)8-25-29(24,28-16)26-9-13-3-4-15(27-13)21-7-14(19)17(22)20-18(21)23/h5-7,13,15,24H,3-4,8-9H2,1-2H3/p+1. The Morgan fingerprint density at radius 1 is 1.34 bits per heavy atom. The van der Waals surface area contributed by atoms with Gasteiger partial charge in [-0.05, 0) is 38.3 Å². The molecule has 1 saturated heterocycles. The summed E-state index contributed by atoms with van der Waals surface area (Å²) in [6, 6.07) is 3.91. The molecule has 0 aliphatic carbocycles. The molecule has 4 rings (SSSR count). The van der Waals surface area contributed by atoms with Crippen molar-refractivity contribution >= 4 is 19.8 Å². The first-order chi connectivity index (χ1) is 13.7. The third kappa shape index (κ3) is 4.26. The van der Waals surface area contributed by atoms with Crippen LogP contribution in [0.3, 0.4) is 0 Å². The summed E-state index contributed by atoms with van der Waals surface area (Å²) in [6.45, 7) is 4.11. The van der Waals surface area contributed by atoms with Crippen molar-refractivity contribution in [1.82, 2.24) is 9.55 Å². The molecule has 0 spiro atoms. The highest BCUT2D eigenvalue weighted by Gasteiger charge is 2.51. The monoisotopic (exact) mass is 443 g/mol. The fourth-order valence-corrected chi connectivity index (χ4v) is 4.98. The van der Waals surface area contributed by atoms with Crippen LogP contribution in [-0.4, -0.2) is 27.2 Å². The van der Waals surface area contributed by atoms with Crippen molar-refractivity contribution in [3.8, 4) is 5.75 Å². The zero-order chi connectivity index (χ0) is 20.8. The van der Waals surface area contributed by atoms with Gasteiger partial charge in [0.1, 0.15) is 24.5 Å². The van der Waals surface area contributed by atoms with Gasteiger partial charge in [-0.15, -0.1) is 9.05 Å². The van der Waals surface area contributed by atoms with Crippen molar-refractivity contribution in [2.24, 2.45) is 0 Å². The van der Waals surface area contributed by atoms with Crippen LogP contribution in [0.15, 0.2) is 27.9 Å². The molecule has 2 aliphatic heterocycles. The molecule has 2 N–H and O–H groups in total. The SMILES string of the molecule is Cc1cc(C)c2c(c1)CO[P+](O)(OCC1CCC(n3cc(Cl)c(=O)[nH]c3=O)O1)O2. The van der Waals surface area contributed by atoms with Crippen LogP contribution in [0.25, 0.3) is 0 Å². The number of H-pyrrole nitrogens is 1. The van der Waals surface area contributed by atoms with Crippen LogP contribution in [0, 0.1) is 13.8 Å². The molecule has 0 saturated carbocycles. The van der Waals surface area contributed by atoms with Gasteiger partial charge in [0.25, 0.3) is 5.56 Å². The predicted molar refractivity (Wildman–Crippen MR) is 106 cm³/mol. The second kappa shape index (κ2) is 7.83. The lowest BCUT2D eigenvalue weighted by Gasteiger charge is -2.24. The number of aryl methyl sites for hydroxylation is 2. The Hall–Kier alpha value is -1.74. The minimum Gasteiger partial charge on any atom is -0.352 e. The molecule has 2 aliphatic rings. The topological polar surface area (TPSA) is 112 Å². The number of hydrogen-bond donors (Lipinski definition) is 2. The lowest BCUT2D eigenvalue weighted by atomic mass is 10.1. The molecule has 0 amide bonds. The number of halogens is 1. The molecular weight excluding hydrogens is 423 g/mol. The van der Waals surface area contributed by atoms with Crippen LogP contribution in [0.4, 0.5) is 0 Å². The molecule has 9 nitrogen and oxygen atoms in total. The number of nitrogens with zero attached hydrogens (tertiary/aromatic N) is 1. The van der Waals surface area contributed by atoms with Gasteiger partial charge in [0, 0.05) is 11.8 Å². The lowest BCUT2D eigenvalue weighted by Crippen LogP contribution is -2.32. The van der Waals surface area contributed by atoms with Gasteiger partial charge in [-0.3, -0.25) is 18.9 Å². The van der Waals surface area contributed by atoms with Crippen molar-refractivity contribution in [2.45, 2.75) is 45.6 Å². The normalized spacial score (nSPS) is 26.2. The Morgan fingerprint density at radius 2 is 2.14 bits per heavy atom. The minimum atomic E-state index is -3.52. The fourth-order valence-electron chi connectivity index (χ4n) is 3.50. The van der Waals surface area contributed by atoms with E-state index in [2.05, 4.69) is 4.98 Å². The van der Waals surface area contributed by atoms with Gasteiger partial charge in [-0.25, -0.2) is 4.79 Å². The number of benzene rings is 1. The Balaban J connectivity index is 1.40. The maximum absolute atomic E-state index is 12.0. The van der Waals surface area contributed by atoms with Gasteiger partial charge in [0.2, 0.25) is 0 Å². The van der Waals surface area contributed by atoms with Crippen LogP contribution in [0.5, 0.6) is 5.75 Å². The maximum Gasteiger partial charge on any atom is 0.619 e. The van der Waals surface area contributed by atoms with E-state index in [-0.39, 0.29) is 24.3 Å². The highest BCUT2D eigenvalue weighted by atomic mass is 35.5. The number of fused-ring (bicyclic) bond motifs is 1. The van der Waals surface area contributed by atoms with Crippen LogP contribution in [0.1, 0.15) is 35.8 Å². The summed E-state index contributed by atoms with van der Waals surface area (Å²) in [6.07, 6.45) is 1.40.